The van der Waals surface area contributed by atoms with E-state index in [-0.39, 0.29) is 13.3 Å². The van der Waals surface area contributed by atoms with Crippen molar-refractivity contribution < 1.29 is 15.7 Å². The van der Waals surface area contributed by atoms with Gasteiger partial charge in [0, 0.05) is 43.6 Å². The van der Waals surface area contributed by atoms with Crippen LogP contribution in [0, 0.1) is 0 Å². The van der Waals surface area contributed by atoms with Gasteiger partial charge in [-0.1, -0.05) is 25.1 Å². The zero-order valence-electron chi connectivity index (χ0n) is 19.1. The first-order chi connectivity index (χ1) is 16.2. The third kappa shape index (κ3) is 4.27. The SMILES string of the molecule is CCC(=O)c1ccc(Cc2nc3c(c(OC4CCCC4)n2)C(c2ccn[nH]2)=CC3)c(OC)c1.[HH]. The predicted molar refractivity (Wildman–Crippen MR) is 127 cm³/mol. The number of carbonyl (C=O) groups excluding carboxylic acids is 1. The molecular formula is C26H30N4O3. The molecule has 1 aromatic carbocycles. The molecule has 0 atom stereocenters. The van der Waals surface area contributed by atoms with Crippen molar-refractivity contribution in [2.45, 2.75) is 58.0 Å². The monoisotopic (exact) mass is 446 g/mol. The fourth-order valence-corrected chi connectivity index (χ4v) is 4.67. The van der Waals surface area contributed by atoms with E-state index in [1.807, 2.05) is 31.2 Å². The Labute approximate surface area is 194 Å². The maximum Gasteiger partial charge on any atom is 0.225 e. The number of hydrogen-bond acceptors (Lipinski definition) is 6. The summed E-state index contributed by atoms with van der Waals surface area (Å²) in [5, 5.41) is 7.16. The number of nitrogens with zero attached hydrogens (tertiary/aromatic N) is 3. The summed E-state index contributed by atoms with van der Waals surface area (Å²) in [6.07, 6.45) is 10.3. The molecule has 0 saturated heterocycles. The number of ketones is 1. The van der Waals surface area contributed by atoms with Crippen LogP contribution >= 0.6 is 0 Å². The number of fused-ring (bicyclic) bond motifs is 1. The number of rotatable bonds is 8. The molecule has 1 fully saturated rings. The molecule has 7 heteroatoms. The van der Waals surface area contributed by atoms with Crippen LogP contribution < -0.4 is 9.47 Å². The molecular weight excluding hydrogens is 416 g/mol. The van der Waals surface area contributed by atoms with Crippen LogP contribution in [-0.4, -0.2) is 39.2 Å². The molecule has 3 aromatic rings. The van der Waals surface area contributed by atoms with Crippen molar-refractivity contribution >= 4 is 11.4 Å². The van der Waals surface area contributed by atoms with Gasteiger partial charge in [0.2, 0.25) is 5.88 Å². The zero-order chi connectivity index (χ0) is 22.8. The standard InChI is InChI=1S/C26H28N4O3.H2/c1-3-22(31)16-8-9-17(23(14-16)32-2)15-24-28-21-11-10-19(20-12-13-27-30-20)25(21)26(29-24)33-18-6-4-5-7-18;/h8-10,12-14,18H,3-7,11,15H2,1-2H3,(H,27,30);1H. The lowest BCUT2D eigenvalue weighted by molar-refractivity contribution is 0.0988. The van der Waals surface area contributed by atoms with Gasteiger partial charge in [-0.3, -0.25) is 9.89 Å². The van der Waals surface area contributed by atoms with E-state index < -0.39 is 0 Å². The predicted octanol–water partition coefficient (Wildman–Crippen LogP) is 4.95. The minimum atomic E-state index is 0. The Morgan fingerprint density at radius 2 is 2.06 bits per heavy atom. The molecule has 33 heavy (non-hydrogen) atoms. The smallest absolute Gasteiger partial charge is 0.225 e. The average molecular weight is 447 g/mol. The van der Waals surface area contributed by atoms with E-state index in [0.29, 0.717) is 35.9 Å². The summed E-state index contributed by atoms with van der Waals surface area (Å²) in [5.74, 6) is 2.11. The molecule has 2 aliphatic carbocycles. The second-order valence-electron chi connectivity index (χ2n) is 8.56. The number of allylic oxidation sites excluding steroid dienone is 1. The highest BCUT2D eigenvalue weighted by Gasteiger charge is 2.28. The lowest BCUT2D eigenvalue weighted by Gasteiger charge is -2.18. The Morgan fingerprint density at radius 3 is 2.79 bits per heavy atom. The average Bonchev–Trinajstić information content (AvgIpc) is 3.60. The first-order valence-electron chi connectivity index (χ1n) is 11.6. The van der Waals surface area contributed by atoms with Crippen LogP contribution in [-0.2, 0) is 12.8 Å². The Bertz CT molecular complexity index is 1200. The third-order valence-corrected chi connectivity index (χ3v) is 6.42. The third-order valence-electron chi connectivity index (χ3n) is 6.42. The Balaban J connectivity index is 0.00000274. The van der Waals surface area contributed by atoms with E-state index in [1.165, 1.54) is 12.8 Å². The van der Waals surface area contributed by atoms with E-state index in [4.69, 9.17) is 19.4 Å². The van der Waals surface area contributed by atoms with Gasteiger partial charge in [-0.15, -0.1) is 0 Å². The minimum Gasteiger partial charge on any atom is -0.496 e. The number of nitrogens with one attached hydrogen (secondary N) is 1. The summed E-state index contributed by atoms with van der Waals surface area (Å²) < 4.78 is 12.0. The number of ether oxygens (including phenoxy) is 2. The molecule has 1 N–H and O–H groups in total. The van der Waals surface area contributed by atoms with E-state index in [0.717, 1.165) is 47.4 Å². The fourth-order valence-electron chi connectivity index (χ4n) is 4.67. The zero-order valence-corrected chi connectivity index (χ0v) is 19.1. The summed E-state index contributed by atoms with van der Waals surface area (Å²) >= 11 is 0. The highest BCUT2D eigenvalue weighted by Crippen LogP contribution is 2.38. The Kier molecular flexibility index (Phi) is 5.94. The number of aromatic amines is 1. The quantitative estimate of drug-likeness (QED) is 0.493. The van der Waals surface area contributed by atoms with Crippen LogP contribution in [0.15, 0.2) is 36.5 Å². The van der Waals surface area contributed by atoms with Crippen LogP contribution in [0.4, 0.5) is 0 Å². The van der Waals surface area contributed by atoms with Crippen LogP contribution in [0.1, 0.15) is 79.2 Å². The van der Waals surface area contributed by atoms with E-state index in [1.54, 1.807) is 13.3 Å². The molecule has 0 aliphatic heterocycles. The van der Waals surface area contributed by atoms with Crippen molar-refractivity contribution in [3.8, 4) is 11.6 Å². The van der Waals surface area contributed by atoms with E-state index in [2.05, 4.69) is 16.3 Å². The molecule has 1 saturated carbocycles. The van der Waals surface area contributed by atoms with E-state index in [9.17, 15) is 4.79 Å². The fraction of sp³-hybridized carbons (Fsp3) is 0.385. The molecule has 2 heterocycles. The van der Waals surface area contributed by atoms with Gasteiger partial charge in [0.25, 0.3) is 0 Å². The summed E-state index contributed by atoms with van der Waals surface area (Å²) in [4.78, 5) is 21.9. The number of benzene rings is 1. The van der Waals surface area contributed by atoms with Gasteiger partial charge < -0.3 is 9.47 Å². The molecule has 5 rings (SSSR count). The lowest BCUT2D eigenvalue weighted by atomic mass is 10.0. The van der Waals surface area contributed by atoms with Crippen molar-refractivity contribution in [1.82, 2.24) is 20.2 Å². The molecule has 0 spiro atoms. The van der Waals surface area contributed by atoms with Crippen LogP contribution in [0.2, 0.25) is 0 Å². The molecule has 7 nitrogen and oxygen atoms in total. The van der Waals surface area contributed by atoms with Crippen molar-refractivity contribution in [3.05, 3.63) is 70.4 Å². The van der Waals surface area contributed by atoms with Crippen LogP contribution in [0.5, 0.6) is 11.6 Å². The highest BCUT2D eigenvalue weighted by molar-refractivity contribution is 5.96. The first kappa shape index (κ1) is 21.4. The van der Waals surface area contributed by atoms with Crippen molar-refractivity contribution in [2.24, 2.45) is 0 Å². The highest BCUT2D eigenvalue weighted by atomic mass is 16.5. The maximum atomic E-state index is 12.1. The molecule has 0 radical (unpaired) electrons. The second-order valence-corrected chi connectivity index (χ2v) is 8.56. The van der Waals surface area contributed by atoms with Crippen molar-refractivity contribution in [3.63, 3.8) is 0 Å². The molecule has 172 valence electrons. The van der Waals surface area contributed by atoms with Gasteiger partial charge >= 0.3 is 0 Å². The number of Topliss-reactive ketones (excluding diaryl/α,β-unsaturated/α-hetero) is 1. The summed E-state index contributed by atoms with van der Waals surface area (Å²) in [5.41, 5.74) is 5.52. The van der Waals surface area contributed by atoms with Gasteiger partial charge in [0.1, 0.15) is 17.7 Å². The number of hydrogen-bond donors (Lipinski definition) is 1. The maximum absolute atomic E-state index is 12.1. The van der Waals surface area contributed by atoms with Crippen LogP contribution in [0.3, 0.4) is 0 Å². The van der Waals surface area contributed by atoms with Crippen LogP contribution in [0.25, 0.3) is 5.57 Å². The van der Waals surface area contributed by atoms with Gasteiger partial charge in [0.15, 0.2) is 5.78 Å². The number of carbonyl (C=O) groups is 1. The van der Waals surface area contributed by atoms with Gasteiger partial charge in [-0.05, 0) is 37.8 Å². The Morgan fingerprint density at radius 1 is 1.21 bits per heavy atom. The minimum absolute atomic E-state index is 0. The molecule has 2 aliphatic rings. The largest absolute Gasteiger partial charge is 0.496 e. The molecule has 2 aromatic heterocycles. The summed E-state index contributed by atoms with van der Waals surface area (Å²) in [6.45, 7) is 1.86. The Hall–Kier alpha value is -3.48. The van der Waals surface area contributed by atoms with Crippen molar-refractivity contribution in [2.75, 3.05) is 7.11 Å². The second kappa shape index (κ2) is 9.17. The number of H-pyrrole nitrogens is 1. The summed E-state index contributed by atoms with van der Waals surface area (Å²) in [7, 11) is 1.62. The topological polar surface area (TPSA) is 90.0 Å². The van der Waals surface area contributed by atoms with Gasteiger partial charge in [0.05, 0.1) is 24.1 Å². The number of aromatic nitrogens is 4. The van der Waals surface area contributed by atoms with Crippen molar-refractivity contribution in [1.29, 1.82) is 0 Å². The first-order valence-corrected chi connectivity index (χ1v) is 11.6. The molecule has 0 unspecified atom stereocenters. The van der Waals surface area contributed by atoms with E-state index >= 15 is 0 Å². The molecule has 0 amide bonds. The lowest BCUT2D eigenvalue weighted by Crippen LogP contribution is -2.15. The number of methoxy groups -OCH3 is 1. The normalized spacial score (nSPS) is 15.4. The molecule has 0 bridgehead atoms. The summed E-state index contributed by atoms with van der Waals surface area (Å²) in [6, 6.07) is 7.55. The van der Waals surface area contributed by atoms with Gasteiger partial charge in [-0.2, -0.15) is 10.1 Å². The van der Waals surface area contributed by atoms with Gasteiger partial charge in [-0.25, -0.2) is 4.98 Å².